The van der Waals surface area contributed by atoms with Crippen molar-refractivity contribution >= 4 is 23.7 Å². The van der Waals surface area contributed by atoms with Crippen molar-refractivity contribution in [1.29, 1.82) is 0 Å². The van der Waals surface area contributed by atoms with E-state index in [1.807, 2.05) is 40.2 Å². The fourth-order valence-corrected chi connectivity index (χ4v) is 2.39. The minimum Gasteiger partial charge on any atom is -0.351 e. The molecule has 1 heterocycles. The van der Waals surface area contributed by atoms with E-state index in [9.17, 15) is 9.59 Å². The molecule has 0 saturated heterocycles. The maximum absolute atomic E-state index is 11.3. The second kappa shape index (κ2) is 6.71. The first-order chi connectivity index (χ1) is 9.66. The highest BCUT2D eigenvalue weighted by Gasteiger charge is 2.09. The fourth-order valence-electron chi connectivity index (χ4n) is 1.52. The third kappa shape index (κ3) is 3.82. The van der Waals surface area contributed by atoms with Crippen molar-refractivity contribution in [2.75, 3.05) is 5.75 Å². The van der Waals surface area contributed by atoms with Gasteiger partial charge in [-0.15, -0.1) is 10.2 Å². The fraction of sp³-hybridized carbons (Fsp3) is 0.167. The Morgan fingerprint density at radius 3 is 2.75 bits per heavy atom. The number of rotatable bonds is 5. The molecule has 0 aliphatic rings. The van der Waals surface area contributed by atoms with Gasteiger partial charge >= 0.3 is 6.03 Å². The lowest BCUT2D eigenvalue weighted by molar-refractivity contribution is -0.119. The summed E-state index contributed by atoms with van der Waals surface area (Å²) in [6.45, 7) is 0. The van der Waals surface area contributed by atoms with Crippen LogP contribution in [0.3, 0.4) is 0 Å². The summed E-state index contributed by atoms with van der Waals surface area (Å²) < 4.78 is 1.83. The molecule has 104 valence electrons. The van der Waals surface area contributed by atoms with Crippen LogP contribution in [0.4, 0.5) is 4.79 Å². The van der Waals surface area contributed by atoms with Gasteiger partial charge in [0.15, 0.2) is 5.16 Å². The molecular formula is C12H13N5O2S. The monoisotopic (exact) mass is 291 g/mol. The summed E-state index contributed by atoms with van der Waals surface area (Å²) in [5.41, 5.74) is 5.80. The molecule has 0 radical (unpaired) electrons. The number of carbonyl (C=O) groups is 2. The Bertz CT molecular complexity index is 599. The summed E-state index contributed by atoms with van der Waals surface area (Å²) in [5, 5.41) is 10.6. The van der Waals surface area contributed by atoms with Crippen LogP contribution in [0.2, 0.25) is 0 Å². The topological polar surface area (TPSA) is 103 Å². The highest BCUT2D eigenvalue weighted by molar-refractivity contribution is 7.99. The molecular weight excluding hydrogens is 278 g/mol. The van der Waals surface area contributed by atoms with Crippen LogP contribution in [0.5, 0.6) is 0 Å². The van der Waals surface area contributed by atoms with Crippen molar-refractivity contribution < 1.29 is 9.59 Å². The molecule has 2 aromatic rings. The molecule has 0 aliphatic heterocycles. The first kappa shape index (κ1) is 14.1. The van der Waals surface area contributed by atoms with Crippen LogP contribution in [0, 0.1) is 0 Å². The number of hydrogen-bond donors (Lipinski definition) is 2. The zero-order valence-corrected chi connectivity index (χ0v) is 11.3. The van der Waals surface area contributed by atoms with Gasteiger partial charge in [-0.05, 0) is 12.1 Å². The molecule has 0 spiro atoms. The Hall–Kier alpha value is -2.35. The molecule has 7 nitrogen and oxygen atoms in total. The van der Waals surface area contributed by atoms with Gasteiger partial charge in [0.25, 0.3) is 0 Å². The van der Waals surface area contributed by atoms with Gasteiger partial charge in [-0.3, -0.25) is 14.7 Å². The summed E-state index contributed by atoms with van der Waals surface area (Å²) in [5.74, 6) is 0.0701. The van der Waals surface area contributed by atoms with E-state index in [2.05, 4.69) is 10.2 Å². The Morgan fingerprint density at radius 1 is 1.30 bits per heavy atom. The second-order valence-electron chi connectivity index (χ2n) is 3.83. The number of aromatic nitrogens is 3. The summed E-state index contributed by atoms with van der Waals surface area (Å²) in [6, 6.07) is 8.80. The molecule has 3 N–H and O–H groups in total. The summed E-state index contributed by atoms with van der Waals surface area (Å²) in [6.07, 6.45) is 1.79. The van der Waals surface area contributed by atoms with E-state index in [1.165, 1.54) is 11.8 Å². The summed E-state index contributed by atoms with van der Waals surface area (Å²) in [4.78, 5) is 21.8. The van der Waals surface area contributed by atoms with E-state index in [-0.39, 0.29) is 6.42 Å². The van der Waals surface area contributed by atoms with Gasteiger partial charge in [0, 0.05) is 17.9 Å². The molecule has 3 amide bonds. The highest BCUT2D eigenvalue weighted by Crippen LogP contribution is 2.19. The normalized spacial score (nSPS) is 10.2. The highest BCUT2D eigenvalue weighted by atomic mass is 32.2. The van der Waals surface area contributed by atoms with Crippen molar-refractivity contribution in [2.24, 2.45) is 5.73 Å². The standard InChI is InChI=1S/C12H13N5O2S/c13-11(19)15-10(18)6-7-20-12-16-14-8-17(12)9-4-2-1-3-5-9/h1-5,8H,6-7H2,(H3,13,15,18,19). The smallest absolute Gasteiger partial charge is 0.318 e. The Labute approximate surface area is 119 Å². The van der Waals surface area contributed by atoms with Crippen LogP contribution in [0.25, 0.3) is 5.69 Å². The molecule has 0 fully saturated rings. The lowest BCUT2D eigenvalue weighted by Crippen LogP contribution is -2.35. The van der Waals surface area contributed by atoms with Crippen molar-refractivity contribution in [3.63, 3.8) is 0 Å². The van der Waals surface area contributed by atoms with Gasteiger partial charge in [0.05, 0.1) is 0 Å². The van der Waals surface area contributed by atoms with Crippen LogP contribution in [0.1, 0.15) is 6.42 Å². The van der Waals surface area contributed by atoms with E-state index in [1.54, 1.807) is 6.33 Å². The SMILES string of the molecule is NC(=O)NC(=O)CCSc1nncn1-c1ccccc1. The number of hydrogen-bond acceptors (Lipinski definition) is 5. The van der Waals surface area contributed by atoms with Crippen molar-refractivity contribution in [3.05, 3.63) is 36.7 Å². The molecule has 0 aliphatic carbocycles. The number of para-hydroxylation sites is 1. The van der Waals surface area contributed by atoms with E-state index in [0.29, 0.717) is 10.9 Å². The first-order valence-electron chi connectivity index (χ1n) is 5.84. The molecule has 0 saturated carbocycles. The lowest BCUT2D eigenvalue weighted by Gasteiger charge is -2.05. The number of nitrogens with one attached hydrogen (secondary N) is 1. The van der Waals surface area contributed by atoms with Gasteiger partial charge in [0.2, 0.25) is 5.91 Å². The zero-order valence-electron chi connectivity index (χ0n) is 10.5. The number of carbonyl (C=O) groups excluding carboxylic acids is 2. The van der Waals surface area contributed by atoms with Gasteiger partial charge in [0.1, 0.15) is 6.33 Å². The minimum absolute atomic E-state index is 0.176. The van der Waals surface area contributed by atoms with Crippen LogP contribution in [-0.4, -0.2) is 32.5 Å². The average Bonchev–Trinajstić information content (AvgIpc) is 2.87. The Balaban J connectivity index is 1.93. The van der Waals surface area contributed by atoms with E-state index < -0.39 is 11.9 Å². The minimum atomic E-state index is -0.840. The first-order valence-corrected chi connectivity index (χ1v) is 6.83. The Morgan fingerprint density at radius 2 is 2.05 bits per heavy atom. The number of thioether (sulfide) groups is 1. The average molecular weight is 291 g/mol. The maximum Gasteiger partial charge on any atom is 0.318 e. The van der Waals surface area contributed by atoms with E-state index in [4.69, 9.17) is 5.73 Å². The number of amides is 3. The molecule has 0 atom stereocenters. The molecule has 0 bridgehead atoms. The molecule has 8 heteroatoms. The summed E-state index contributed by atoms with van der Waals surface area (Å²) in [7, 11) is 0. The molecule has 20 heavy (non-hydrogen) atoms. The third-order valence-electron chi connectivity index (χ3n) is 2.37. The lowest BCUT2D eigenvalue weighted by atomic mass is 10.3. The third-order valence-corrected chi connectivity index (χ3v) is 3.32. The maximum atomic E-state index is 11.3. The van der Waals surface area contributed by atoms with Gasteiger partial charge in [-0.25, -0.2) is 4.79 Å². The quantitative estimate of drug-likeness (QED) is 0.798. The van der Waals surface area contributed by atoms with Gasteiger partial charge in [-0.1, -0.05) is 30.0 Å². The molecule has 0 unspecified atom stereocenters. The van der Waals surface area contributed by atoms with Crippen LogP contribution < -0.4 is 11.1 Å². The summed E-state index contributed by atoms with van der Waals surface area (Å²) >= 11 is 1.38. The second-order valence-corrected chi connectivity index (χ2v) is 4.89. The van der Waals surface area contributed by atoms with Crippen molar-refractivity contribution in [3.8, 4) is 5.69 Å². The largest absolute Gasteiger partial charge is 0.351 e. The van der Waals surface area contributed by atoms with Gasteiger partial charge in [-0.2, -0.15) is 0 Å². The van der Waals surface area contributed by atoms with Crippen LogP contribution in [0.15, 0.2) is 41.8 Å². The predicted octanol–water partition coefficient (Wildman–Crippen LogP) is 0.944. The molecule has 1 aromatic carbocycles. The van der Waals surface area contributed by atoms with Crippen LogP contribution in [-0.2, 0) is 4.79 Å². The zero-order chi connectivity index (χ0) is 14.4. The number of benzene rings is 1. The predicted molar refractivity (Wildman–Crippen MR) is 74.4 cm³/mol. The Kier molecular flexibility index (Phi) is 4.72. The van der Waals surface area contributed by atoms with Crippen molar-refractivity contribution in [1.82, 2.24) is 20.1 Å². The van der Waals surface area contributed by atoms with Gasteiger partial charge < -0.3 is 5.73 Å². The van der Waals surface area contributed by atoms with E-state index in [0.717, 1.165) is 5.69 Å². The van der Waals surface area contributed by atoms with E-state index >= 15 is 0 Å². The number of nitrogens with two attached hydrogens (primary N) is 1. The number of imide groups is 1. The molecule has 2 rings (SSSR count). The van der Waals surface area contributed by atoms with Crippen LogP contribution >= 0.6 is 11.8 Å². The van der Waals surface area contributed by atoms with Crippen molar-refractivity contribution in [2.45, 2.75) is 11.6 Å². The number of nitrogens with zero attached hydrogens (tertiary/aromatic N) is 3. The number of urea groups is 1. The number of primary amides is 1. The molecule has 1 aromatic heterocycles.